The molecule has 2 aromatic heterocycles. The van der Waals surface area contributed by atoms with Crippen LogP contribution in [0.1, 0.15) is 16.1 Å². The van der Waals surface area contributed by atoms with Crippen LogP contribution in [-0.4, -0.2) is 33.4 Å². The fourth-order valence-corrected chi connectivity index (χ4v) is 2.67. The number of hydrogen-bond acceptors (Lipinski definition) is 7. The van der Waals surface area contributed by atoms with Gasteiger partial charge in [-0.25, -0.2) is 9.97 Å². The van der Waals surface area contributed by atoms with Crippen LogP contribution in [0.2, 0.25) is 0 Å². The lowest BCUT2D eigenvalue weighted by Crippen LogP contribution is -2.26. The number of hydrogen-bond donors (Lipinski definition) is 3. The molecule has 3 N–H and O–H groups in total. The Hall–Kier alpha value is -3.82. The quantitative estimate of drug-likeness (QED) is 0.610. The highest BCUT2D eigenvalue weighted by Crippen LogP contribution is 2.28. The average molecular weight is 352 g/mol. The van der Waals surface area contributed by atoms with Crippen LogP contribution in [0, 0.1) is 4.91 Å². The van der Waals surface area contributed by atoms with Crippen molar-refractivity contribution in [1.82, 2.24) is 20.3 Å². The summed E-state index contributed by atoms with van der Waals surface area (Å²) in [6, 6.07) is 5.24. The molecule has 0 atom stereocenters. The van der Waals surface area contributed by atoms with Gasteiger partial charge >= 0.3 is 0 Å². The molecule has 130 valence electrons. The minimum absolute atomic E-state index is 0.0133. The third-order valence-corrected chi connectivity index (χ3v) is 3.89. The standard InChI is InChI=1S/C16H12N6O4/c23-12-6-26-11-2-1-8(3-9(11)21-12)4-18-16(24)15-14-13(19-7-20-15)10(22-25)5-17-14/h1-3,5,7,17H,4,6H2,(H,18,24)(H,21,23). The maximum atomic E-state index is 12.4. The molecule has 0 unspecified atom stereocenters. The van der Waals surface area contributed by atoms with E-state index in [0.717, 1.165) is 5.56 Å². The number of carbonyl (C=O) groups excluding carboxylic acids is 2. The summed E-state index contributed by atoms with van der Waals surface area (Å²) in [5.41, 5.74) is 2.18. The Morgan fingerprint density at radius 3 is 3.08 bits per heavy atom. The van der Waals surface area contributed by atoms with Crippen molar-refractivity contribution in [2.75, 3.05) is 11.9 Å². The molecule has 3 heterocycles. The van der Waals surface area contributed by atoms with E-state index in [-0.39, 0.29) is 36.0 Å². The molecule has 0 saturated carbocycles. The first kappa shape index (κ1) is 15.7. The number of fused-ring (bicyclic) bond motifs is 2. The van der Waals surface area contributed by atoms with Crippen molar-refractivity contribution in [3.63, 3.8) is 0 Å². The lowest BCUT2D eigenvalue weighted by molar-refractivity contribution is -0.118. The normalized spacial score (nSPS) is 12.8. The lowest BCUT2D eigenvalue weighted by atomic mass is 10.1. The van der Waals surface area contributed by atoms with Gasteiger partial charge in [0.25, 0.3) is 11.8 Å². The van der Waals surface area contributed by atoms with E-state index in [0.29, 0.717) is 17.0 Å². The van der Waals surface area contributed by atoms with E-state index in [9.17, 15) is 14.5 Å². The second-order valence-electron chi connectivity index (χ2n) is 5.56. The van der Waals surface area contributed by atoms with Crippen LogP contribution in [0.5, 0.6) is 5.75 Å². The lowest BCUT2D eigenvalue weighted by Gasteiger charge is -2.18. The van der Waals surface area contributed by atoms with Crippen molar-refractivity contribution < 1.29 is 14.3 Å². The molecule has 26 heavy (non-hydrogen) atoms. The zero-order valence-corrected chi connectivity index (χ0v) is 13.3. The summed E-state index contributed by atoms with van der Waals surface area (Å²) in [6.07, 6.45) is 2.57. The number of anilines is 1. The third kappa shape index (κ3) is 2.73. The number of benzene rings is 1. The maximum Gasteiger partial charge on any atom is 0.272 e. The van der Waals surface area contributed by atoms with Crippen molar-refractivity contribution in [2.45, 2.75) is 6.54 Å². The van der Waals surface area contributed by atoms with E-state index in [1.165, 1.54) is 12.5 Å². The van der Waals surface area contributed by atoms with Crippen LogP contribution in [0.25, 0.3) is 11.0 Å². The van der Waals surface area contributed by atoms with Gasteiger partial charge in [0.05, 0.1) is 11.2 Å². The van der Waals surface area contributed by atoms with Gasteiger partial charge in [0.15, 0.2) is 18.0 Å². The highest BCUT2D eigenvalue weighted by molar-refractivity contribution is 6.05. The van der Waals surface area contributed by atoms with Crippen molar-refractivity contribution in [1.29, 1.82) is 0 Å². The number of rotatable bonds is 4. The second kappa shape index (κ2) is 6.24. The molecule has 0 radical (unpaired) electrons. The third-order valence-electron chi connectivity index (χ3n) is 3.89. The molecular weight excluding hydrogens is 340 g/mol. The minimum Gasteiger partial charge on any atom is -0.482 e. The Morgan fingerprint density at radius 2 is 2.23 bits per heavy atom. The Kier molecular flexibility index (Phi) is 3.77. The SMILES string of the molecule is O=Nc1c[nH]c2c(C(=O)NCc3ccc4c(c3)NC(=O)CO4)ncnc12. The van der Waals surface area contributed by atoms with Gasteiger partial charge in [-0.1, -0.05) is 6.07 Å². The number of aromatic amines is 1. The first-order valence-corrected chi connectivity index (χ1v) is 7.65. The summed E-state index contributed by atoms with van der Waals surface area (Å²) < 4.78 is 5.29. The van der Waals surface area contributed by atoms with Crippen LogP contribution in [0.4, 0.5) is 11.4 Å². The molecule has 10 nitrogen and oxygen atoms in total. The van der Waals surface area contributed by atoms with Gasteiger partial charge in [-0.2, -0.15) is 0 Å². The molecule has 1 aliphatic heterocycles. The van der Waals surface area contributed by atoms with Crippen LogP contribution >= 0.6 is 0 Å². The molecule has 0 saturated heterocycles. The Morgan fingerprint density at radius 1 is 1.35 bits per heavy atom. The van der Waals surface area contributed by atoms with Gasteiger partial charge in [0, 0.05) is 12.7 Å². The van der Waals surface area contributed by atoms with Crippen LogP contribution in [0.3, 0.4) is 0 Å². The highest BCUT2D eigenvalue weighted by atomic mass is 16.5. The number of amides is 2. The van der Waals surface area contributed by atoms with Crippen molar-refractivity contribution in [3.8, 4) is 5.75 Å². The van der Waals surface area contributed by atoms with Crippen molar-refractivity contribution in [3.05, 3.63) is 46.9 Å². The number of nitroso groups, excluding NO2 is 1. The number of carbonyl (C=O) groups is 2. The largest absolute Gasteiger partial charge is 0.482 e. The predicted octanol–water partition coefficient (Wildman–Crippen LogP) is 1.62. The van der Waals surface area contributed by atoms with E-state index in [1.807, 2.05) is 0 Å². The molecule has 0 fully saturated rings. The molecule has 0 spiro atoms. The Balaban J connectivity index is 1.53. The van der Waals surface area contributed by atoms with Gasteiger partial charge in [-0.3, -0.25) is 9.59 Å². The van der Waals surface area contributed by atoms with Crippen LogP contribution in [0.15, 0.2) is 35.9 Å². The van der Waals surface area contributed by atoms with Crippen LogP contribution in [-0.2, 0) is 11.3 Å². The van der Waals surface area contributed by atoms with E-state index >= 15 is 0 Å². The maximum absolute atomic E-state index is 12.4. The molecular formula is C16H12N6O4. The molecule has 1 aliphatic rings. The van der Waals surface area contributed by atoms with Gasteiger partial charge in [0.2, 0.25) is 0 Å². The molecule has 4 rings (SSSR count). The minimum atomic E-state index is -0.435. The van der Waals surface area contributed by atoms with Gasteiger partial charge < -0.3 is 20.4 Å². The fourth-order valence-electron chi connectivity index (χ4n) is 2.67. The Labute approximate surface area is 146 Å². The van der Waals surface area contributed by atoms with Gasteiger partial charge in [0.1, 0.15) is 17.6 Å². The molecule has 3 aromatic rings. The monoisotopic (exact) mass is 352 g/mol. The van der Waals surface area contributed by atoms with Crippen LogP contribution < -0.4 is 15.4 Å². The highest BCUT2D eigenvalue weighted by Gasteiger charge is 2.18. The first-order valence-electron chi connectivity index (χ1n) is 7.65. The van der Waals surface area contributed by atoms with Crippen molar-refractivity contribution >= 4 is 34.2 Å². The van der Waals surface area contributed by atoms with E-state index < -0.39 is 5.91 Å². The predicted molar refractivity (Wildman–Crippen MR) is 91.1 cm³/mol. The zero-order valence-electron chi connectivity index (χ0n) is 13.3. The molecule has 0 aliphatic carbocycles. The summed E-state index contributed by atoms with van der Waals surface area (Å²) in [5, 5.41) is 8.30. The molecule has 10 heteroatoms. The number of aromatic nitrogens is 3. The summed E-state index contributed by atoms with van der Waals surface area (Å²) in [5.74, 6) is -0.0828. The van der Waals surface area contributed by atoms with Gasteiger partial charge in [-0.15, -0.1) is 4.91 Å². The van der Waals surface area contributed by atoms with E-state index in [1.54, 1.807) is 18.2 Å². The molecule has 1 aromatic carbocycles. The van der Waals surface area contributed by atoms with E-state index in [2.05, 4.69) is 30.8 Å². The Bertz CT molecular complexity index is 1040. The second-order valence-corrected chi connectivity index (χ2v) is 5.56. The zero-order chi connectivity index (χ0) is 18.1. The summed E-state index contributed by atoms with van der Waals surface area (Å²) >= 11 is 0. The van der Waals surface area contributed by atoms with Crippen molar-refractivity contribution in [2.24, 2.45) is 5.18 Å². The summed E-state index contributed by atoms with van der Waals surface area (Å²) in [6.45, 7) is 0.202. The summed E-state index contributed by atoms with van der Waals surface area (Å²) in [7, 11) is 0. The van der Waals surface area contributed by atoms with E-state index in [4.69, 9.17) is 4.74 Å². The number of nitrogens with one attached hydrogen (secondary N) is 3. The summed E-state index contributed by atoms with van der Waals surface area (Å²) in [4.78, 5) is 45.3. The average Bonchev–Trinajstić information content (AvgIpc) is 3.09. The number of ether oxygens (including phenoxy) is 1. The smallest absolute Gasteiger partial charge is 0.272 e. The number of H-pyrrole nitrogens is 1. The van der Waals surface area contributed by atoms with Gasteiger partial charge in [-0.05, 0) is 22.9 Å². The molecule has 0 bridgehead atoms. The fraction of sp³-hybridized carbons (Fsp3) is 0.125. The topological polar surface area (TPSA) is 138 Å². The number of nitrogens with zero attached hydrogens (tertiary/aromatic N) is 3. The molecule has 2 amide bonds. The first-order chi connectivity index (χ1) is 12.7.